The summed E-state index contributed by atoms with van der Waals surface area (Å²) in [7, 11) is 0. The van der Waals surface area contributed by atoms with Gasteiger partial charge in [-0.05, 0) is 38.5 Å². The van der Waals surface area contributed by atoms with Gasteiger partial charge in [-0.15, -0.1) is 0 Å². The minimum atomic E-state index is 0.120. The summed E-state index contributed by atoms with van der Waals surface area (Å²) in [6, 6.07) is 2.02. The Morgan fingerprint density at radius 1 is 1.26 bits per heavy atom. The van der Waals surface area contributed by atoms with Gasteiger partial charge in [0.25, 0.3) is 0 Å². The van der Waals surface area contributed by atoms with Crippen molar-refractivity contribution in [2.45, 2.75) is 44.6 Å². The van der Waals surface area contributed by atoms with Crippen LogP contribution >= 0.6 is 11.6 Å². The van der Waals surface area contributed by atoms with E-state index >= 15 is 0 Å². The van der Waals surface area contributed by atoms with Crippen molar-refractivity contribution in [3.8, 4) is 0 Å². The highest BCUT2D eigenvalue weighted by molar-refractivity contribution is 6.30. The summed E-state index contributed by atoms with van der Waals surface area (Å²) in [6.45, 7) is 0.830. The van der Waals surface area contributed by atoms with Crippen LogP contribution in [0, 0.1) is 0 Å². The van der Waals surface area contributed by atoms with Gasteiger partial charge in [0.15, 0.2) is 5.65 Å². The van der Waals surface area contributed by atoms with Crippen molar-refractivity contribution in [2.75, 3.05) is 6.61 Å². The highest BCUT2D eigenvalue weighted by atomic mass is 35.5. The molecule has 0 spiro atoms. The Morgan fingerprint density at radius 3 is 3.00 bits per heavy atom. The molecule has 4 rings (SSSR count). The van der Waals surface area contributed by atoms with Crippen LogP contribution in [-0.4, -0.2) is 21.2 Å². The maximum atomic E-state index is 6.50. The Morgan fingerprint density at radius 2 is 2.16 bits per heavy atom. The van der Waals surface area contributed by atoms with Gasteiger partial charge < -0.3 is 4.74 Å². The first-order chi connectivity index (χ1) is 9.33. The van der Waals surface area contributed by atoms with Crippen LogP contribution in [0.15, 0.2) is 6.07 Å². The fraction of sp³-hybridized carbons (Fsp3) is 0.571. The van der Waals surface area contributed by atoms with E-state index < -0.39 is 0 Å². The molecule has 1 aliphatic carbocycles. The third kappa shape index (κ3) is 1.85. The number of aromatic nitrogens is 3. The van der Waals surface area contributed by atoms with Crippen molar-refractivity contribution in [3.63, 3.8) is 0 Å². The number of fused-ring (bicyclic) bond motifs is 2. The second-order valence-electron chi connectivity index (χ2n) is 5.38. The zero-order valence-electron chi connectivity index (χ0n) is 10.7. The predicted octanol–water partition coefficient (Wildman–Crippen LogP) is 3.11. The van der Waals surface area contributed by atoms with Gasteiger partial charge in [-0.2, -0.15) is 5.10 Å². The Hall–Kier alpha value is -1.13. The van der Waals surface area contributed by atoms with E-state index in [0.29, 0.717) is 0 Å². The third-order valence-corrected chi connectivity index (χ3v) is 4.48. The van der Waals surface area contributed by atoms with Gasteiger partial charge in [0, 0.05) is 23.9 Å². The Kier molecular flexibility index (Phi) is 2.74. The van der Waals surface area contributed by atoms with Crippen molar-refractivity contribution < 1.29 is 4.74 Å². The molecule has 1 aliphatic heterocycles. The number of rotatable bonds is 1. The van der Waals surface area contributed by atoms with E-state index in [1.54, 1.807) is 4.52 Å². The van der Waals surface area contributed by atoms with Gasteiger partial charge in [0.2, 0.25) is 0 Å². The monoisotopic (exact) mass is 277 g/mol. The summed E-state index contributed by atoms with van der Waals surface area (Å²) in [5.74, 6) is 0. The molecule has 1 saturated heterocycles. The molecular weight excluding hydrogens is 262 g/mol. The second-order valence-corrected chi connectivity index (χ2v) is 5.73. The molecule has 1 atom stereocenters. The molecule has 0 N–H and O–H groups in total. The highest BCUT2D eigenvalue weighted by Gasteiger charge is 2.23. The molecule has 2 aliphatic rings. The molecular formula is C14H16ClN3O. The number of hydrogen-bond acceptors (Lipinski definition) is 3. The van der Waals surface area contributed by atoms with E-state index in [1.165, 1.54) is 18.4 Å². The number of hydrogen-bond donors (Lipinski definition) is 0. The second kappa shape index (κ2) is 4.46. The Labute approximate surface area is 116 Å². The molecule has 1 unspecified atom stereocenters. The van der Waals surface area contributed by atoms with Crippen LogP contribution in [0.3, 0.4) is 0 Å². The minimum absolute atomic E-state index is 0.120. The van der Waals surface area contributed by atoms with Crippen molar-refractivity contribution in [1.29, 1.82) is 0 Å². The molecule has 3 heterocycles. The fourth-order valence-electron chi connectivity index (χ4n) is 3.08. The zero-order valence-corrected chi connectivity index (χ0v) is 11.5. The molecule has 0 amide bonds. The van der Waals surface area contributed by atoms with E-state index in [2.05, 4.69) is 5.10 Å². The normalized spacial score (nSPS) is 22.9. The van der Waals surface area contributed by atoms with Crippen molar-refractivity contribution >= 4 is 17.2 Å². The number of halogens is 1. The average molecular weight is 278 g/mol. The van der Waals surface area contributed by atoms with Crippen LogP contribution in [0.1, 0.15) is 48.7 Å². The zero-order chi connectivity index (χ0) is 12.8. The van der Waals surface area contributed by atoms with Crippen LogP contribution in [0.25, 0.3) is 5.65 Å². The molecule has 1 fully saturated rings. The van der Waals surface area contributed by atoms with Gasteiger partial charge in [-0.25, -0.2) is 9.50 Å². The topological polar surface area (TPSA) is 39.4 Å². The highest BCUT2D eigenvalue weighted by Crippen LogP contribution is 2.31. The van der Waals surface area contributed by atoms with E-state index in [0.717, 1.165) is 54.5 Å². The number of nitrogens with zero attached hydrogens (tertiary/aromatic N) is 3. The maximum Gasteiger partial charge on any atom is 0.157 e. The van der Waals surface area contributed by atoms with Gasteiger partial charge in [0.1, 0.15) is 11.3 Å². The average Bonchev–Trinajstić information content (AvgIpc) is 3.07. The van der Waals surface area contributed by atoms with Crippen molar-refractivity contribution in [2.24, 2.45) is 0 Å². The van der Waals surface area contributed by atoms with Crippen LogP contribution < -0.4 is 0 Å². The summed E-state index contributed by atoms with van der Waals surface area (Å²) < 4.78 is 7.47. The molecule has 5 heteroatoms. The molecule has 4 nitrogen and oxygen atoms in total. The molecule has 2 aromatic heterocycles. The maximum absolute atomic E-state index is 6.50. The molecule has 0 aromatic carbocycles. The van der Waals surface area contributed by atoms with Gasteiger partial charge in [-0.1, -0.05) is 11.6 Å². The van der Waals surface area contributed by atoms with Crippen LogP contribution in [0.5, 0.6) is 0 Å². The predicted molar refractivity (Wildman–Crippen MR) is 72.6 cm³/mol. The van der Waals surface area contributed by atoms with Crippen LogP contribution in [-0.2, 0) is 17.6 Å². The largest absolute Gasteiger partial charge is 0.372 e. The van der Waals surface area contributed by atoms with Gasteiger partial charge >= 0.3 is 0 Å². The first-order valence-electron chi connectivity index (χ1n) is 7.01. The van der Waals surface area contributed by atoms with Crippen molar-refractivity contribution in [1.82, 2.24) is 14.6 Å². The lowest BCUT2D eigenvalue weighted by molar-refractivity contribution is 0.108. The molecule has 2 aromatic rings. The van der Waals surface area contributed by atoms with E-state index in [-0.39, 0.29) is 6.10 Å². The Balaban J connectivity index is 1.86. The number of aryl methyl sites for hydroxylation is 1. The molecule has 100 valence electrons. The summed E-state index contributed by atoms with van der Waals surface area (Å²) in [5, 5.41) is 5.34. The standard InChI is InChI=1S/C14H16ClN3O/c15-14-9-4-1-2-5-10(9)16-13-8-11(17-18(13)14)12-6-3-7-19-12/h8,12H,1-7H2. The molecule has 0 bridgehead atoms. The quantitative estimate of drug-likeness (QED) is 0.752. The van der Waals surface area contributed by atoms with E-state index in [4.69, 9.17) is 21.3 Å². The van der Waals surface area contributed by atoms with Gasteiger partial charge in [0.05, 0.1) is 5.69 Å². The first-order valence-corrected chi connectivity index (χ1v) is 7.39. The minimum Gasteiger partial charge on any atom is -0.372 e. The van der Waals surface area contributed by atoms with Crippen LogP contribution in [0.4, 0.5) is 0 Å². The van der Waals surface area contributed by atoms with E-state index in [9.17, 15) is 0 Å². The summed E-state index contributed by atoms with van der Waals surface area (Å²) >= 11 is 6.50. The summed E-state index contributed by atoms with van der Waals surface area (Å²) in [4.78, 5) is 4.73. The lowest BCUT2D eigenvalue weighted by atomic mass is 9.97. The number of ether oxygens (including phenoxy) is 1. The first kappa shape index (κ1) is 11.7. The molecule has 0 radical (unpaired) electrons. The lowest BCUT2D eigenvalue weighted by Crippen LogP contribution is -2.09. The molecule has 0 saturated carbocycles. The SMILES string of the molecule is Clc1c2c(nc3cc(C4CCCO4)nn13)CCCC2. The van der Waals surface area contributed by atoms with Gasteiger partial charge in [-0.3, -0.25) is 0 Å². The van der Waals surface area contributed by atoms with E-state index in [1.807, 2.05) is 6.07 Å². The summed E-state index contributed by atoms with van der Waals surface area (Å²) in [6.07, 6.45) is 6.73. The smallest absolute Gasteiger partial charge is 0.157 e. The lowest BCUT2D eigenvalue weighted by Gasteiger charge is -2.16. The molecule has 19 heavy (non-hydrogen) atoms. The summed E-state index contributed by atoms with van der Waals surface area (Å²) in [5.41, 5.74) is 4.16. The third-order valence-electron chi connectivity index (χ3n) is 4.09. The van der Waals surface area contributed by atoms with Crippen LogP contribution in [0.2, 0.25) is 5.15 Å². The Bertz CT molecular complexity index is 631. The van der Waals surface area contributed by atoms with Crippen molar-refractivity contribution in [3.05, 3.63) is 28.2 Å². The fourth-order valence-corrected chi connectivity index (χ4v) is 3.41.